The van der Waals surface area contributed by atoms with Crippen molar-refractivity contribution in [2.45, 2.75) is 19.6 Å². The minimum absolute atomic E-state index is 0.221. The van der Waals surface area contributed by atoms with Crippen molar-refractivity contribution in [2.24, 2.45) is 0 Å². The number of alkyl halides is 3. The molecule has 3 aromatic heterocycles. The van der Waals surface area contributed by atoms with Gasteiger partial charge in [-0.1, -0.05) is 13.0 Å². The van der Waals surface area contributed by atoms with Gasteiger partial charge >= 0.3 is 12.1 Å². The van der Waals surface area contributed by atoms with Gasteiger partial charge in [0.15, 0.2) is 5.82 Å². The number of aromatic nitrogens is 2. The summed E-state index contributed by atoms with van der Waals surface area (Å²) in [5, 5.41) is 23.4. The second-order valence-electron chi connectivity index (χ2n) is 6.57. The van der Waals surface area contributed by atoms with Crippen LogP contribution in [0.1, 0.15) is 11.8 Å². The van der Waals surface area contributed by atoms with E-state index in [-0.39, 0.29) is 5.75 Å². The van der Waals surface area contributed by atoms with E-state index in [1.165, 1.54) is 14.6 Å². The van der Waals surface area contributed by atoms with Crippen LogP contribution in [0.4, 0.5) is 24.7 Å². The van der Waals surface area contributed by atoms with Crippen molar-refractivity contribution in [3.8, 4) is 15.5 Å². The quantitative estimate of drug-likeness (QED) is 0.275. The van der Waals surface area contributed by atoms with Gasteiger partial charge in [0, 0.05) is 32.9 Å². The highest BCUT2D eigenvalue weighted by atomic mass is 32.1. The summed E-state index contributed by atoms with van der Waals surface area (Å²) in [6, 6.07) is 13.5. The molecule has 0 aliphatic carbocycles. The van der Waals surface area contributed by atoms with E-state index in [1.807, 2.05) is 6.07 Å². The number of phenols is 1. The molecule has 0 saturated carbocycles. The fraction of sp³-hybridized carbons (Fsp3) is 0.190. The number of nitrogens with one attached hydrogen (secondary N) is 2. The first-order valence-electron chi connectivity index (χ1n) is 9.58. The first-order chi connectivity index (χ1) is 15.7. The molecule has 12 heteroatoms. The van der Waals surface area contributed by atoms with Gasteiger partial charge in [-0.15, -0.1) is 22.7 Å². The Morgan fingerprint density at radius 3 is 2.52 bits per heavy atom. The van der Waals surface area contributed by atoms with E-state index in [0.29, 0.717) is 0 Å². The molecule has 0 spiro atoms. The Hall–Kier alpha value is -3.22. The summed E-state index contributed by atoms with van der Waals surface area (Å²) in [7, 11) is 0. The Labute approximate surface area is 194 Å². The molecule has 4 aromatic rings. The summed E-state index contributed by atoms with van der Waals surface area (Å²) < 4.78 is 32.7. The van der Waals surface area contributed by atoms with Gasteiger partial charge in [-0.3, -0.25) is 0 Å². The van der Waals surface area contributed by atoms with Gasteiger partial charge in [-0.25, -0.2) is 14.8 Å². The normalized spacial score (nSPS) is 11.2. The number of fused-ring (bicyclic) bond motifs is 1. The maximum atomic E-state index is 10.6. The summed E-state index contributed by atoms with van der Waals surface area (Å²) in [5.74, 6) is -1.78. The number of nitrogens with zero attached hydrogens (tertiary/aromatic N) is 2. The number of carbonyl (C=O) groups is 1. The third-order valence-electron chi connectivity index (χ3n) is 4.12. The lowest BCUT2D eigenvalue weighted by Crippen LogP contribution is -2.21. The van der Waals surface area contributed by atoms with Crippen molar-refractivity contribution in [1.29, 1.82) is 0 Å². The number of aliphatic carboxylic acids is 1. The lowest BCUT2D eigenvalue weighted by molar-refractivity contribution is -0.192. The molecular formula is C21H19F3N4O3S2. The van der Waals surface area contributed by atoms with Crippen molar-refractivity contribution in [3.05, 3.63) is 53.7 Å². The Morgan fingerprint density at radius 1 is 1.09 bits per heavy atom. The average Bonchev–Trinajstić information content (AvgIpc) is 3.39. The van der Waals surface area contributed by atoms with E-state index in [4.69, 9.17) is 9.90 Å². The van der Waals surface area contributed by atoms with Gasteiger partial charge in [-0.05, 0) is 36.9 Å². The Bertz CT molecular complexity index is 1240. The SMILES string of the molecule is CCNCc1ccc(-c2cc3ncnc(Nc4cccc(O)c4)c3s2)s1.O=C(O)C(F)(F)F. The van der Waals surface area contributed by atoms with Crippen molar-refractivity contribution >= 4 is 50.4 Å². The van der Waals surface area contributed by atoms with Gasteiger partial charge in [-0.2, -0.15) is 13.2 Å². The van der Waals surface area contributed by atoms with Crippen molar-refractivity contribution in [1.82, 2.24) is 15.3 Å². The second kappa shape index (κ2) is 10.6. The summed E-state index contributed by atoms with van der Waals surface area (Å²) in [4.78, 5) is 21.4. The Morgan fingerprint density at radius 2 is 1.85 bits per heavy atom. The molecule has 1 aromatic carbocycles. The summed E-state index contributed by atoms with van der Waals surface area (Å²) in [6.07, 6.45) is -3.52. The lowest BCUT2D eigenvalue weighted by atomic mass is 10.3. The minimum Gasteiger partial charge on any atom is -0.508 e. The number of aromatic hydroxyl groups is 1. The molecule has 0 bridgehead atoms. The zero-order chi connectivity index (χ0) is 24.0. The highest BCUT2D eigenvalue weighted by Gasteiger charge is 2.38. The zero-order valence-electron chi connectivity index (χ0n) is 17.2. The van der Waals surface area contributed by atoms with E-state index in [2.05, 4.69) is 45.7 Å². The van der Waals surface area contributed by atoms with Gasteiger partial charge in [0.2, 0.25) is 0 Å². The number of halogens is 3. The van der Waals surface area contributed by atoms with E-state index >= 15 is 0 Å². The molecule has 4 rings (SSSR count). The van der Waals surface area contributed by atoms with Crippen LogP contribution in [-0.4, -0.2) is 38.9 Å². The Kier molecular flexibility index (Phi) is 7.84. The molecule has 0 amide bonds. The number of hydrogen-bond acceptors (Lipinski definition) is 8. The third-order valence-corrected chi connectivity index (χ3v) is 6.53. The second-order valence-corrected chi connectivity index (χ2v) is 8.79. The standard InChI is InChI=1S/C19H18N4OS2.C2HF3O2/c1-2-20-10-14-6-7-16(25-14)17-9-15-18(26-17)19(22-11-21-15)23-12-4-3-5-13(24)8-12;3-2(4,5)1(6)7/h3-9,11,20,24H,2,10H2,1H3,(H,21,22,23);(H,6,7). The number of anilines is 2. The van der Waals surface area contributed by atoms with E-state index < -0.39 is 12.1 Å². The van der Waals surface area contributed by atoms with E-state index in [0.717, 1.165) is 34.8 Å². The van der Waals surface area contributed by atoms with Crippen LogP contribution in [0.3, 0.4) is 0 Å². The summed E-state index contributed by atoms with van der Waals surface area (Å²) >= 11 is 3.48. The van der Waals surface area contributed by atoms with Crippen LogP contribution in [0.2, 0.25) is 0 Å². The smallest absolute Gasteiger partial charge is 0.490 e. The average molecular weight is 497 g/mol. The first-order valence-corrected chi connectivity index (χ1v) is 11.2. The van der Waals surface area contributed by atoms with E-state index in [9.17, 15) is 18.3 Å². The number of phenolic OH excluding ortho intramolecular Hbond substituents is 1. The fourth-order valence-electron chi connectivity index (χ4n) is 2.64. The van der Waals surface area contributed by atoms with Crippen LogP contribution in [0.5, 0.6) is 5.75 Å². The summed E-state index contributed by atoms with van der Waals surface area (Å²) in [6.45, 7) is 3.98. The van der Waals surface area contributed by atoms with Crippen LogP contribution in [0.15, 0.2) is 48.8 Å². The molecule has 33 heavy (non-hydrogen) atoms. The number of carboxylic acids is 1. The number of thiophene rings is 2. The van der Waals surface area contributed by atoms with Crippen molar-refractivity contribution < 1.29 is 28.2 Å². The third kappa shape index (κ3) is 6.63. The molecule has 174 valence electrons. The zero-order valence-corrected chi connectivity index (χ0v) is 18.8. The lowest BCUT2D eigenvalue weighted by Gasteiger charge is -2.06. The molecule has 0 atom stereocenters. The largest absolute Gasteiger partial charge is 0.508 e. The molecule has 0 unspecified atom stereocenters. The molecule has 0 fully saturated rings. The number of hydrogen-bond donors (Lipinski definition) is 4. The van der Waals surface area contributed by atoms with Crippen LogP contribution in [-0.2, 0) is 11.3 Å². The topological polar surface area (TPSA) is 107 Å². The maximum Gasteiger partial charge on any atom is 0.490 e. The van der Waals surface area contributed by atoms with Crippen molar-refractivity contribution in [3.63, 3.8) is 0 Å². The van der Waals surface area contributed by atoms with E-state index in [1.54, 1.807) is 47.2 Å². The fourth-order valence-corrected chi connectivity index (χ4v) is 4.75. The number of carboxylic acid groups (broad SMARTS) is 1. The number of rotatable bonds is 6. The molecule has 0 aliphatic heterocycles. The molecular weight excluding hydrogens is 477 g/mol. The van der Waals surface area contributed by atoms with Gasteiger partial charge < -0.3 is 20.8 Å². The Balaban J connectivity index is 0.000000383. The van der Waals surface area contributed by atoms with Crippen LogP contribution in [0, 0.1) is 0 Å². The monoisotopic (exact) mass is 496 g/mol. The highest BCUT2D eigenvalue weighted by Crippen LogP contribution is 2.39. The maximum absolute atomic E-state index is 10.6. The highest BCUT2D eigenvalue weighted by molar-refractivity contribution is 7.26. The van der Waals surface area contributed by atoms with Gasteiger partial charge in [0.25, 0.3) is 0 Å². The number of benzene rings is 1. The van der Waals surface area contributed by atoms with Crippen LogP contribution < -0.4 is 10.6 Å². The molecule has 7 nitrogen and oxygen atoms in total. The molecule has 3 heterocycles. The first kappa shape index (κ1) is 24.4. The van der Waals surface area contributed by atoms with Gasteiger partial charge in [0.1, 0.15) is 12.1 Å². The van der Waals surface area contributed by atoms with Crippen molar-refractivity contribution in [2.75, 3.05) is 11.9 Å². The molecule has 0 aliphatic rings. The van der Waals surface area contributed by atoms with Crippen LogP contribution >= 0.6 is 22.7 Å². The predicted molar refractivity (Wildman–Crippen MR) is 123 cm³/mol. The van der Waals surface area contributed by atoms with Gasteiger partial charge in [0.05, 0.1) is 10.2 Å². The predicted octanol–water partition coefficient (Wildman–Crippen LogP) is 5.61. The minimum atomic E-state index is -5.08. The molecule has 0 radical (unpaired) electrons. The molecule has 0 saturated heterocycles. The van der Waals surface area contributed by atoms with Crippen LogP contribution in [0.25, 0.3) is 20.0 Å². The summed E-state index contributed by atoms with van der Waals surface area (Å²) in [5.41, 5.74) is 1.72. The molecule has 4 N–H and O–H groups in total.